The summed E-state index contributed by atoms with van der Waals surface area (Å²) in [5.74, 6) is -0.0601. The van der Waals surface area contributed by atoms with E-state index in [9.17, 15) is 8.42 Å². The predicted octanol–water partition coefficient (Wildman–Crippen LogP) is 0.364. The quantitative estimate of drug-likeness (QED) is 0.539. The summed E-state index contributed by atoms with van der Waals surface area (Å²) < 4.78 is 23.0. The lowest BCUT2D eigenvalue weighted by molar-refractivity contribution is 0.596. The van der Waals surface area contributed by atoms with Gasteiger partial charge in [0.1, 0.15) is 0 Å². The van der Waals surface area contributed by atoms with E-state index < -0.39 is 10.0 Å². The largest absolute Gasteiger partial charge is 0.370 e. The first kappa shape index (κ1) is 14.5. The van der Waals surface area contributed by atoms with Gasteiger partial charge in [-0.15, -0.1) is 0 Å². The number of aliphatic imine (C=N–C) groups is 1. The Morgan fingerprint density at radius 1 is 1.17 bits per heavy atom. The number of sulfonamides is 1. The minimum Gasteiger partial charge on any atom is -0.370 e. The van der Waals surface area contributed by atoms with Crippen LogP contribution in [0.4, 0.5) is 5.69 Å². The van der Waals surface area contributed by atoms with Crippen LogP contribution in [0.1, 0.15) is 25.0 Å². The molecule has 18 heavy (non-hydrogen) atoms. The number of rotatable bonds is 4. The molecule has 1 rings (SSSR count). The number of nitrogens with zero attached hydrogens (tertiary/aromatic N) is 1. The minimum atomic E-state index is -3.73. The van der Waals surface area contributed by atoms with Crippen LogP contribution in [0, 0.1) is 0 Å². The van der Waals surface area contributed by atoms with Crippen molar-refractivity contribution < 1.29 is 8.42 Å². The van der Waals surface area contributed by atoms with E-state index in [-0.39, 0.29) is 10.9 Å². The zero-order chi connectivity index (χ0) is 13.9. The van der Waals surface area contributed by atoms with Gasteiger partial charge >= 0.3 is 0 Å². The highest BCUT2D eigenvalue weighted by Gasteiger charge is 2.17. The molecule has 7 heteroatoms. The van der Waals surface area contributed by atoms with E-state index in [4.69, 9.17) is 16.6 Å². The van der Waals surface area contributed by atoms with Crippen LogP contribution < -0.4 is 16.6 Å². The molecule has 0 radical (unpaired) electrons. The summed E-state index contributed by atoms with van der Waals surface area (Å²) in [6.45, 7) is 3.77. The maximum Gasteiger partial charge on any atom is 0.238 e. The lowest BCUT2D eigenvalue weighted by atomic mass is 10.0. The van der Waals surface area contributed by atoms with Crippen molar-refractivity contribution in [2.75, 3.05) is 0 Å². The van der Waals surface area contributed by atoms with Gasteiger partial charge in [0.15, 0.2) is 5.96 Å². The van der Waals surface area contributed by atoms with Gasteiger partial charge < -0.3 is 11.5 Å². The third-order valence-corrected chi connectivity index (χ3v) is 3.62. The number of nitrogens with two attached hydrogens (primary N) is 3. The molecule has 0 aliphatic carbocycles. The molecular weight excluding hydrogens is 252 g/mol. The van der Waals surface area contributed by atoms with Gasteiger partial charge in [0, 0.05) is 0 Å². The van der Waals surface area contributed by atoms with Gasteiger partial charge in [0.2, 0.25) is 10.0 Å². The van der Waals surface area contributed by atoms with E-state index in [1.165, 1.54) is 6.07 Å². The average molecular weight is 270 g/mol. The summed E-state index contributed by atoms with van der Waals surface area (Å²) in [5, 5.41) is 5.20. The van der Waals surface area contributed by atoms with Crippen LogP contribution in [-0.2, 0) is 22.9 Å². The van der Waals surface area contributed by atoms with Crippen LogP contribution in [0.25, 0.3) is 0 Å². The molecule has 0 saturated heterocycles. The Hall–Kier alpha value is -1.60. The van der Waals surface area contributed by atoms with Crippen molar-refractivity contribution >= 4 is 21.7 Å². The molecule has 1 aromatic carbocycles. The summed E-state index contributed by atoms with van der Waals surface area (Å²) in [5.41, 5.74) is 12.8. The molecule has 0 unspecified atom stereocenters. The maximum atomic E-state index is 11.5. The minimum absolute atomic E-state index is 0.0601. The van der Waals surface area contributed by atoms with E-state index in [1.54, 1.807) is 6.07 Å². The van der Waals surface area contributed by atoms with Crippen molar-refractivity contribution in [3.63, 3.8) is 0 Å². The van der Waals surface area contributed by atoms with Crippen molar-refractivity contribution in [1.82, 2.24) is 0 Å². The van der Waals surface area contributed by atoms with Gasteiger partial charge in [0.25, 0.3) is 0 Å². The van der Waals surface area contributed by atoms with Crippen LogP contribution in [-0.4, -0.2) is 14.4 Å². The topological polar surface area (TPSA) is 125 Å². The standard InChI is InChI=1S/C11H18N4O2S/c1-3-7-8(4-2)10(18(14,16)17)6-5-9(7)15-11(12)13/h5-6H,3-4H2,1-2H3,(H4,12,13,15)(H2,14,16,17). The molecule has 0 aliphatic heterocycles. The molecule has 0 saturated carbocycles. The van der Waals surface area contributed by atoms with Gasteiger partial charge in [-0.2, -0.15) is 0 Å². The van der Waals surface area contributed by atoms with E-state index in [0.717, 1.165) is 5.56 Å². The van der Waals surface area contributed by atoms with Gasteiger partial charge in [-0.25, -0.2) is 18.5 Å². The zero-order valence-electron chi connectivity index (χ0n) is 10.5. The van der Waals surface area contributed by atoms with Crippen LogP contribution in [0.3, 0.4) is 0 Å². The molecule has 0 fully saturated rings. The molecule has 0 heterocycles. The van der Waals surface area contributed by atoms with Crippen molar-refractivity contribution in [1.29, 1.82) is 0 Å². The zero-order valence-corrected chi connectivity index (χ0v) is 11.3. The Labute approximate surface area is 107 Å². The Morgan fingerprint density at radius 3 is 2.11 bits per heavy atom. The summed E-state index contributed by atoms with van der Waals surface area (Å²) >= 11 is 0. The van der Waals surface area contributed by atoms with Gasteiger partial charge in [-0.1, -0.05) is 13.8 Å². The molecule has 100 valence electrons. The third-order valence-electron chi connectivity index (χ3n) is 2.63. The summed E-state index contributed by atoms with van der Waals surface area (Å²) in [6.07, 6.45) is 1.17. The lowest BCUT2D eigenvalue weighted by Crippen LogP contribution is -2.22. The first-order valence-corrected chi connectivity index (χ1v) is 7.13. The van der Waals surface area contributed by atoms with Gasteiger partial charge in [-0.05, 0) is 36.1 Å². The van der Waals surface area contributed by atoms with Crippen molar-refractivity contribution in [3.05, 3.63) is 23.3 Å². The molecule has 0 aliphatic rings. The molecule has 0 spiro atoms. The second-order valence-corrected chi connectivity index (χ2v) is 5.36. The van der Waals surface area contributed by atoms with E-state index in [2.05, 4.69) is 4.99 Å². The monoisotopic (exact) mass is 270 g/mol. The number of hydrogen-bond acceptors (Lipinski definition) is 3. The second kappa shape index (κ2) is 5.36. The van der Waals surface area contributed by atoms with Gasteiger partial charge in [0.05, 0.1) is 10.6 Å². The van der Waals surface area contributed by atoms with E-state index >= 15 is 0 Å². The van der Waals surface area contributed by atoms with E-state index in [1.807, 2.05) is 13.8 Å². The van der Waals surface area contributed by atoms with E-state index in [0.29, 0.717) is 24.1 Å². The first-order chi connectivity index (χ1) is 8.31. The van der Waals surface area contributed by atoms with Crippen LogP contribution in [0.5, 0.6) is 0 Å². The van der Waals surface area contributed by atoms with Crippen LogP contribution in [0.2, 0.25) is 0 Å². The highest BCUT2D eigenvalue weighted by atomic mass is 32.2. The second-order valence-electron chi connectivity index (χ2n) is 3.83. The lowest BCUT2D eigenvalue weighted by Gasteiger charge is -2.13. The fourth-order valence-corrected chi connectivity index (χ4v) is 2.82. The molecular formula is C11H18N4O2S. The third kappa shape index (κ3) is 2.99. The Bertz CT molecular complexity index is 575. The average Bonchev–Trinajstić information content (AvgIpc) is 2.25. The molecule has 6 nitrogen and oxygen atoms in total. The number of primary sulfonamides is 1. The number of guanidine groups is 1. The first-order valence-electron chi connectivity index (χ1n) is 5.58. The smallest absolute Gasteiger partial charge is 0.238 e. The maximum absolute atomic E-state index is 11.5. The molecule has 0 bridgehead atoms. The van der Waals surface area contributed by atoms with Gasteiger partial charge in [-0.3, -0.25) is 0 Å². The Kier molecular flexibility index (Phi) is 4.31. The fourth-order valence-electron chi connectivity index (χ4n) is 1.95. The van der Waals surface area contributed by atoms with Crippen molar-refractivity contribution in [3.8, 4) is 0 Å². The summed E-state index contributed by atoms with van der Waals surface area (Å²) in [4.78, 5) is 4.13. The Morgan fingerprint density at radius 2 is 1.72 bits per heavy atom. The number of benzene rings is 1. The molecule has 1 aromatic rings. The summed E-state index contributed by atoms with van der Waals surface area (Å²) in [6, 6.07) is 3.01. The Balaban J connectivity index is 3.62. The summed E-state index contributed by atoms with van der Waals surface area (Å²) in [7, 11) is -3.73. The SMILES string of the molecule is CCc1c(N=C(N)N)ccc(S(N)(=O)=O)c1CC. The molecule has 6 N–H and O–H groups in total. The molecule has 0 atom stereocenters. The fraction of sp³-hybridized carbons (Fsp3) is 0.364. The molecule has 0 amide bonds. The normalized spacial score (nSPS) is 11.3. The number of hydrogen-bond donors (Lipinski definition) is 3. The van der Waals surface area contributed by atoms with Crippen molar-refractivity contribution in [2.45, 2.75) is 31.6 Å². The predicted molar refractivity (Wildman–Crippen MR) is 72.0 cm³/mol. The van der Waals surface area contributed by atoms with Crippen LogP contribution in [0.15, 0.2) is 22.0 Å². The van der Waals surface area contributed by atoms with Crippen molar-refractivity contribution in [2.24, 2.45) is 21.6 Å². The van der Waals surface area contributed by atoms with Crippen LogP contribution >= 0.6 is 0 Å². The highest BCUT2D eigenvalue weighted by Crippen LogP contribution is 2.29. The highest BCUT2D eigenvalue weighted by molar-refractivity contribution is 7.89. The molecule has 0 aromatic heterocycles.